The summed E-state index contributed by atoms with van der Waals surface area (Å²) in [6.45, 7) is 4.67. The van der Waals surface area contributed by atoms with E-state index in [0.29, 0.717) is 23.2 Å². The Morgan fingerprint density at radius 1 is 1.39 bits per heavy atom. The van der Waals surface area contributed by atoms with Crippen LogP contribution in [-0.2, 0) is 11.8 Å². The zero-order valence-corrected chi connectivity index (χ0v) is 14.3. The van der Waals surface area contributed by atoms with E-state index in [9.17, 15) is 4.79 Å². The zero-order chi connectivity index (χ0) is 16.8. The molecule has 1 heterocycles. The Balaban J connectivity index is 1.89. The highest BCUT2D eigenvalue weighted by molar-refractivity contribution is 6.32. The number of hydrogen-bond donors (Lipinski definition) is 2. The number of carbonyl (C=O) groups is 1. The van der Waals surface area contributed by atoms with Crippen LogP contribution < -0.4 is 15.4 Å². The van der Waals surface area contributed by atoms with Crippen molar-refractivity contribution in [2.75, 3.05) is 23.8 Å². The topological polar surface area (TPSA) is 68.2 Å². The summed E-state index contributed by atoms with van der Waals surface area (Å²) in [5.41, 5.74) is 1.61. The smallest absolute Gasteiger partial charge is 0.244 e. The number of aryl methyl sites for hydroxylation is 2. The van der Waals surface area contributed by atoms with E-state index in [4.69, 9.17) is 16.3 Å². The van der Waals surface area contributed by atoms with Crippen molar-refractivity contribution in [2.24, 2.45) is 7.05 Å². The van der Waals surface area contributed by atoms with Crippen molar-refractivity contribution in [3.63, 3.8) is 0 Å². The lowest BCUT2D eigenvalue weighted by Gasteiger charge is -2.10. The molecule has 1 aromatic carbocycles. The number of anilines is 2. The normalized spacial score (nSPS) is 10.4. The minimum Gasteiger partial charge on any atom is -0.492 e. The van der Waals surface area contributed by atoms with Crippen molar-refractivity contribution in [3.05, 3.63) is 35.0 Å². The van der Waals surface area contributed by atoms with Gasteiger partial charge in [0.25, 0.3) is 0 Å². The van der Waals surface area contributed by atoms with Gasteiger partial charge in [0.2, 0.25) is 5.91 Å². The maximum absolute atomic E-state index is 12.0. The average Bonchev–Trinajstić information content (AvgIpc) is 2.82. The number of hydrogen-bond acceptors (Lipinski definition) is 4. The van der Waals surface area contributed by atoms with Crippen LogP contribution in [0.15, 0.2) is 24.3 Å². The first-order chi connectivity index (χ1) is 11.0. The molecule has 7 heteroatoms. The summed E-state index contributed by atoms with van der Waals surface area (Å²) in [6, 6.07) is 7.18. The van der Waals surface area contributed by atoms with E-state index in [1.165, 1.54) is 0 Å². The molecule has 0 atom stereocenters. The summed E-state index contributed by atoms with van der Waals surface area (Å²) in [4.78, 5) is 12.0. The lowest BCUT2D eigenvalue weighted by molar-refractivity contribution is -0.114. The molecule has 1 amide bonds. The fraction of sp³-hybridized carbons (Fsp3) is 0.375. The highest BCUT2D eigenvalue weighted by atomic mass is 35.5. The summed E-state index contributed by atoms with van der Waals surface area (Å²) in [5.74, 6) is 1.15. The van der Waals surface area contributed by atoms with E-state index in [1.807, 2.05) is 26.0 Å². The SMILES string of the molecule is CCCOc1ccc(NCC(=O)Nc2cc(C)nn2C)cc1Cl. The monoisotopic (exact) mass is 336 g/mol. The predicted molar refractivity (Wildman–Crippen MR) is 92.3 cm³/mol. The molecule has 1 aromatic heterocycles. The largest absolute Gasteiger partial charge is 0.492 e. The molecule has 124 valence electrons. The van der Waals surface area contributed by atoms with Gasteiger partial charge in [0, 0.05) is 18.8 Å². The third-order valence-electron chi connectivity index (χ3n) is 3.12. The minimum atomic E-state index is -0.157. The molecule has 0 radical (unpaired) electrons. The van der Waals surface area contributed by atoms with Crippen molar-refractivity contribution in [1.29, 1.82) is 0 Å². The fourth-order valence-corrected chi connectivity index (χ4v) is 2.27. The number of carbonyl (C=O) groups excluding carboxylic acids is 1. The highest BCUT2D eigenvalue weighted by Crippen LogP contribution is 2.27. The molecule has 0 fully saturated rings. The van der Waals surface area contributed by atoms with Crippen LogP contribution in [0.2, 0.25) is 5.02 Å². The molecule has 2 aromatic rings. The van der Waals surface area contributed by atoms with Crippen LogP contribution in [0.25, 0.3) is 0 Å². The van der Waals surface area contributed by atoms with Crippen LogP contribution in [0.1, 0.15) is 19.0 Å². The Bertz CT molecular complexity index is 685. The minimum absolute atomic E-state index is 0.135. The molecule has 2 N–H and O–H groups in total. The molecule has 2 rings (SSSR count). The van der Waals surface area contributed by atoms with Gasteiger partial charge in [0.05, 0.1) is 23.9 Å². The molecule has 0 bridgehead atoms. The molecular formula is C16H21ClN4O2. The summed E-state index contributed by atoms with van der Waals surface area (Å²) in [6.07, 6.45) is 0.921. The average molecular weight is 337 g/mol. The molecule has 23 heavy (non-hydrogen) atoms. The van der Waals surface area contributed by atoms with Gasteiger partial charge in [-0.15, -0.1) is 0 Å². The van der Waals surface area contributed by atoms with Gasteiger partial charge >= 0.3 is 0 Å². The molecule has 0 aliphatic heterocycles. The number of nitrogens with zero attached hydrogens (tertiary/aromatic N) is 2. The molecule has 0 aliphatic carbocycles. The second-order valence-electron chi connectivity index (χ2n) is 5.19. The number of rotatable bonds is 7. The standard InChI is InChI=1S/C16H21ClN4O2/c1-4-7-23-14-6-5-12(9-13(14)17)18-10-16(22)19-15-8-11(2)20-21(15)3/h5-6,8-9,18H,4,7,10H2,1-3H3,(H,19,22). The van der Waals surface area contributed by atoms with E-state index < -0.39 is 0 Å². The van der Waals surface area contributed by atoms with Crippen molar-refractivity contribution >= 4 is 29.0 Å². The molecule has 0 unspecified atom stereocenters. The third-order valence-corrected chi connectivity index (χ3v) is 3.41. The van der Waals surface area contributed by atoms with Crippen molar-refractivity contribution in [1.82, 2.24) is 9.78 Å². The molecule has 0 saturated carbocycles. The number of halogens is 1. The van der Waals surface area contributed by atoms with Crippen LogP contribution in [0, 0.1) is 6.92 Å². The lowest BCUT2D eigenvalue weighted by atomic mass is 10.3. The second-order valence-corrected chi connectivity index (χ2v) is 5.60. The van der Waals surface area contributed by atoms with Crippen LogP contribution in [-0.4, -0.2) is 28.8 Å². The van der Waals surface area contributed by atoms with Gasteiger partial charge in [0.15, 0.2) is 0 Å². The van der Waals surface area contributed by atoms with Crippen LogP contribution in [0.4, 0.5) is 11.5 Å². The molecule has 6 nitrogen and oxygen atoms in total. The Morgan fingerprint density at radius 3 is 2.78 bits per heavy atom. The van der Waals surface area contributed by atoms with Crippen molar-refractivity contribution in [2.45, 2.75) is 20.3 Å². The van der Waals surface area contributed by atoms with Gasteiger partial charge in [-0.3, -0.25) is 9.48 Å². The molecular weight excluding hydrogens is 316 g/mol. The van der Waals surface area contributed by atoms with Gasteiger partial charge in [-0.2, -0.15) is 5.10 Å². The lowest BCUT2D eigenvalue weighted by Crippen LogP contribution is -2.23. The Labute approximate surface area is 140 Å². The first kappa shape index (κ1) is 17.1. The summed E-state index contributed by atoms with van der Waals surface area (Å²) in [7, 11) is 1.78. The van der Waals surface area contributed by atoms with Gasteiger partial charge in [-0.05, 0) is 31.5 Å². The second kappa shape index (κ2) is 7.87. The van der Waals surface area contributed by atoms with E-state index in [2.05, 4.69) is 15.7 Å². The maximum atomic E-state index is 12.0. The van der Waals surface area contributed by atoms with E-state index in [-0.39, 0.29) is 12.5 Å². The van der Waals surface area contributed by atoms with Crippen LogP contribution >= 0.6 is 11.6 Å². The van der Waals surface area contributed by atoms with E-state index in [1.54, 1.807) is 23.9 Å². The first-order valence-electron chi connectivity index (χ1n) is 7.46. The molecule has 0 aliphatic rings. The zero-order valence-electron chi connectivity index (χ0n) is 13.5. The van der Waals surface area contributed by atoms with Crippen molar-refractivity contribution in [3.8, 4) is 5.75 Å². The third kappa shape index (κ3) is 4.89. The fourth-order valence-electron chi connectivity index (χ4n) is 2.04. The Morgan fingerprint density at radius 2 is 2.17 bits per heavy atom. The van der Waals surface area contributed by atoms with Crippen LogP contribution in [0.5, 0.6) is 5.75 Å². The number of ether oxygens (including phenoxy) is 1. The Hall–Kier alpha value is -2.21. The molecule has 0 spiro atoms. The van der Waals surface area contributed by atoms with Gasteiger partial charge in [-0.25, -0.2) is 0 Å². The number of aromatic nitrogens is 2. The summed E-state index contributed by atoms with van der Waals surface area (Å²) < 4.78 is 7.14. The summed E-state index contributed by atoms with van der Waals surface area (Å²) >= 11 is 6.16. The number of amides is 1. The molecule has 0 saturated heterocycles. The number of benzene rings is 1. The predicted octanol–water partition coefficient (Wildman–Crippen LogP) is 3.22. The van der Waals surface area contributed by atoms with E-state index >= 15 is 0 Å². The highest BCUT2D eigenvalue weighted by Gasteiger charge is 2.08. The summed E-state index contributed by atoms with van der Waals surface area (Å²) in [5, 5.41) is 10.5. The maximum Gasteiger partial charge on any atom is 0.244 e. The van der Waals surface area contributed by atoms with Gasteiger partial charge in [-0.1, -0.05) is 18.5 Å². The quantitative estimate of drug-likeness (QED) is 0.814. The van der Waals surface area contributed by atoms with Crippen molar-refractivity contribution < 1.29 is 9.53 Å². The van der Waals surface area contributed by atoms with Crippen LogP contribution in [0.3, 0.4) is 0 Å². The Kier molecular flexibility index (Phi) is 5.87. The van der Waals surface area contributed by atoms with Gasteiger partial charge in [0.1, 0.15) is 11.6 Å². The van der Waals surface area contributed by atoms with E-state index in [0.717, 1.165) is 17.8 Å². The van der Waals surface area contributed by atoms with Gasteiger partial charge < -0.3 is 15.4 Å². The number of nitrogens with one attached hydrogen (secondary N) is 2. The first-order valence-corrected chi connectivity index (χ1v) is 7.84.